The predicted octanol–water partition coefficient (Wildman–Crippen LogP) is 3.66. The third-order valence-electron chi connectivity index (χ3n) is 4.04. The Kier molecular flexibility index (Phi) is 6.77. The molecule has 0 aliphatic carbocycles. The first kappa shape index (κ1) is 21.4. The maximum atomic E-state index is 12.9. The van der Waals surface area contributed by atoms with Crippen molar-refractivity contribution in [3.63, 3.8) is 0 Å². The minimum atomic E-state index is -4.47. The highest BCUT2D eigenvalue weighted by Crippen LogP contribution is 2.31. The summed E-state index contributed by atoms with van der Waals surface area (Å²) in [5.41, 5.74) is -0.292. The molecule has 5 nitrogen and oxygen atoms in total. The minimum Gasteiger partial charge on any atom is -0.357 e. The van der Waals surface area contributed by atoms with Crippen LogP contribution in [0.5, 0.6) is 0 Å². The lowest BCUT2D eigenvalue weighted by molar-refractivity contribution is -0.137. The molecule has 0 fully saturated rings. The highest BCUT2D eigenvalue weighted by Gasteiger charge is 2.30. The van der Waals surface area contributed by atoms with E-state index < -0.39 is 23.7 Å². The van der Waals surface area contributed by atoms with Crippen LogP contribution in [0, 0.1) is 5.92 Å². The monoisotopic (exact) mass is 393 g/mol. The topological polar surface area (TPSA) is 71.1 Å². The summed E-state index contributed by atoms with van der Waals surface area (Å²) in [7, 11) is 1.48. The Morgan fingerprint density at radius 2 is 1.79 bits per heavy atom. The van der Waals surface area contributed by atoms with Crippen molar-refractivity contribution in [2.24, 2.45) is 5.92 Å². The average molecular weight is 393 g/mol. The van der Waals surface area contributed by atoms with Gasteiger partial charge in [-0.3, -0.25) is 9.59 Å². The standard InChI is InChI=1S/C20H22F3N3O2/c1-12(2)10-17(18(27)24-3)26-19(28)16-9-5-8-15(25-16)13-6-4-7-14(11-13)20(21,22)23/h4-9,11-12,17H,10H2,1-3H3,(H,24,27)(H,26,28). The Bertz CT molecular complexity index is 851. The molecule has 0 radical (unpaired) electrons. The SMILES string of the molecule is CNC(=O)C(CC(C)C)NC(=O)c1cccc(-c2cccc(C(F)(F)F)c2)n1. The van der Waals surface area contributed by atoms with Crippen molar-refractivity contribution >= 4 is 11.8 Å². The summed E-state index contributed by atoms with van der Waals surface area (Å²) in [6, 6.07) is 8.52. The molecule has 8 heteroatoms. The zero-order valence-electron chi connectivity index (χ0n) is 15.8. The van der Waals surface area contributed by atoms with Crippen LogP contribution < -0.4 is 10.6 Å². The molecule has 2 N–H and O–H groups in total. The number of alkyl halides is 3. The quantitative estimate of drug-likeness (QED) is 0.787. The van der Waals surface area contributed by atoms with Crippen molar-refractivity contribution in [2.45, 2.75) is 32.5 Å². The molecule has 0 saturated heterocycles. The van der Waals surface area contributed by atoms with Gasteiger partial charge < -0.3 is 10.6 Å². The molecule has 1 heterocycles. The molecular weight excluding hydrogens is 371 g/mol. The smallest absolute Gasteiger partial charge is 0.357 e. The van der Waals surface area contributed by atoms with E-state index in [1.54, 1.807) is 0 Å². The molecule has 28 heavy (non-hydrogen) atoms. The zero-order valence-corrected chi connectivity index (χ0v) is 15.8. The van der Waals surface area contributed by atoms with Crippen molar-refractivity contribution in [2.75, 3.05) is 7.05 Å². The summed E-state index contributed by atoms with van der Waals surface area (Å²) < 4.78 is 38.8. The number of rotatable bonds is 6. The summed E-state index contributed by atoms with van der Waals surface area (Å²) in [4.78, 5) is 28.7. The predicted molar refractivity (Wildman–Crippen MR) is 99.5 cm³/mol. The van der Waals surface area contributed by atoms with E-state index in [0.717, 1.165) is 12.1 Å². The Morgan fingerprint density at radius 3 is 2.39 bits per heavy atom. The Labute approximate surface area is 161 Å². The summed E-state index contributed by atoms with van der Waals surface area (Å²) in [5, 5.41) is 5.14. The molecular formula is C20H22F3N3O2. The van der Waals surface area contributed by atoms with Crippen molar-refractivity contribution in [3.05, 3.63) is 53.7 Å². The number of aromatic nitrogens is 1. The molecule has 0 spiro atoms. The fourth-order valence-electron chi connectivity index (χ4n) is 2.69. The molecule has 0 bridgehead atoms. The lowest BCUT2D eigenvalue weighted by atomic mass is 10.0. The Hall–Kier alpha value is -2.90. The van der Waals surface area contributed by atoms with Crippen LogP contribution in [-0.2, 0) is 11.0 Å². The molecule has 0 aliphatic rings. The molecule has 150 valence electrons. The van der Waals surface area contributed by atoms with Gasteiger partial charge in [-0.25, -0.2) is 4.98 Å². The fourth-order valence-corrected chi connectivity index (χ4v) is 2.69. The van der Waals surface area contributed by atoms with Crippen LogP contribution in [0.4, 0.5) is 13.2 Å². The first-order valence-corrected chi connectivity index (χ1v) is 8.79. The first-order chi connectivity index (χ1) is 13.1. The summed E-state index contributed by atoms with van der Waals surface area (Å²) in [6.45, 7) is 3.85. The van der Waals surface area contributed by atoms with Crippen LogP contribution in [0.3, 0.4) is 0 Å². The van der Waals surface area contributed by atoms with Gasteiger partial charge >= 0.3 is 6.18 Å². The van der Waals surface area contributed by atoms with Crippen molar-refractivity contribution in [1.29, 1.82) is 0 Å². The normalized spacial score (nSPS) is 12.5. The number of amides is 2. The second kappa shape index (κ2) is 8.86. The van der Waals surface area contributed by atoms with Gasteiger partial charge in [-0.05, 0) is 36.6 Å². The first-order valence-electron chi connectivity index (χ1n) is 8.79. The summed E-state index contributed by atoms with van der Waals surface area (Å²) in [5.74, 6) is -0.717. The number of nitrogens with zero attached hydrogens (tertiary/aromatic N) is 1. The van der Waals surface area contributed by atoms with Crippen molar-refractivity contribution in [3.8, 4) is 11.3 Å². The van der Waals surface area contributed by atoms with Crippen LogP contribution in [0.25, 0.3) is 11.3 Å². The third-order valence-corrected chi connectivity index (χ3v) is 4.04. The van der Waals surface area contributed by atoms with Crippen molar-refractivity contribution < 1.29 is 22.8 Å². The van der Waals surface area contributed by atoms with Gasteiger partial charge in [-0.15, -0.1) is 0 Å². The number of carbonyl (C=O) groups excluding carboxylic acids is 2. The number of carbonyl (C=O) groups is 2. The molecule has 1 unspecified atom stereocenters. The van der Waals surface area contributed by atoms with Gasteiger partial charge in [0, 0.05) is 12.6 Å². The maximum absolute atomic E-state index is 12.9. The van der Waals surface area contributed by atoms with Gasteiger partial charge in [-0.2, -0.15) is 13.2 Å². The zero-order chi connectivity index (χ0) is 20.9. The molecule has 2 rings (SSSR count). The van der Waals surface area contributed by atoms with E-state index in [2.05, 4.69) is 15.6 Å². The molecule has 2 amide bonds. The van der Waals surface area contributed by atoms with Crippen molar-refractivity contribution in [1.82, 2.24) is 15.6 Å². The lowest BCUT2D eigenvalue weighted by Gasteiger charge is -2.19. The molecule has 0 aliphatic heterocycles. The number of likely N-dealkylation sites (N-methyl/N-ethyl adjacent to an activating group) is 1. The molecule has 2 aromatic rings. The second-order valence-corrected chi connectivity index (χ2v) is 6.76. The van der Waals surface area contributed by atoms with E-state index in [9.17, 15) is 22.8 Å². The summed E-state index contributed by atoms with van der Waals surface area (Å²) >= 11 is 0. The molecule has 1 atom stereocenters. The number of hydrogen-bond acceptors (Lipinski definition) is 3. The van der Waals surface area contributed by atoms with Gasteiger partial charge in [0.05, 0.1) is 11.3 Å². The van der Waals surface area contributed by atoms with E-state index in [0.29, 0.717) is 6.42 Å². The molecule has 0 saturated carbocycles. The van der Waals surface area contributed by atoms with Crippen LogP contribution in [0.15, 0.2) is 42.5 Å². The number of pyridine rings is 1. The van der Waals surface area contributed by atoms with Crippen LogP contribution >= 0.6 is 0 Å². The molecule has 1 aromatic carbocycles. The maximum Gasteiger partial charge on any atom is 0.416 e. The van der Waals surface area contributed by atoms with Gasteiger partial charge in [0.15, 0.2) is 0 Å². The van der Waals surface area contributed by atoms with Gasteiger partial charge in [-0.1, -0.05) is 32.0 Å². The number of hydrogen-bond donors (Lipinski definition) is 2. The Morgan fingerprint density at radius 1 is 1.11 bits per heavy atom. The Balaban J connectivity index is 2.27. The fraction of sp³-hybridized carbons (Fsp3) is 0.350. The minimum absolute atomic E-state index is 0.0209. The summed E-state index contributed by atoms with van der Waals surface area (Å²) in [6.07, 6.45) is -4.03. The number of nitrogens with one attached hydrogen (secondary N) is 2. The largest absolute Gasteiger partial charge is 0.416 e. The third kappa shape index (κ3) is 5.55. The van der Waals surface area contributed by atoms with E-state index in [1.807, 2.05) is 13.8 Å². The van der Waals surface area contributed by atoms with Crippen LogP contribution in [0.2, 0.25) is 0 Å². The molecule has 1 aromatic heterocycles. The second-order valence-electron chi connectivity index (χ2n) is 6.76. The van der Waals surface area contributed by atoms with Gasteiger partial charge in [0.1, 0.15) is 11.7 Å². The van der Waals surface area contributed by atoms with Crippen LogP contribution in [0.1, 0.15) is 36.3 Å². The van der Waals surface area contributed by atoms with Crippen LogP contribution in [-0.4, -0.2) is 29.9 Å². The highest BCUT2D eigenvalue weighted by atomic mass is 19.4. The van der Waals surface area contributed by atoms with E-state index in [1.165, 1.54) is 37.4 Å². The van der Waals surface area contributed by atoms with Gasteiger partial charge in [0.2, 0.25) is 5.91 Å². The average Bonchev–Trinajstić information content (AvgIpc) is 2.66. The van der Waals surface area contributed by atoms with Gasteiger partial charge in [0.25, 0.3) is 5.91 Å². The van der Waals surface area contributed by atoms with E-state index >= 15 is 0 Å². The number of benzene rings is 1. The highest BCUT2D eigenvalue weighted by molar-refractivity contribution is 5.96. The van der Waals surface area contributed by atoms with E-state index in [-0.39, 0.29) is 28.8 Å². The number of halogens is 3. The lowest BCUT2D eigenvalue weighted by Crippen LogP contribution is -2.46. The van der Waals surface area contributed by atoms with E-state index in [4.69, 9.17) is 0 Å².